The molecule has 0 saturated heterocycles. The summed E-state index contributed by atoms with van der Waals surface area (Å²) in [7, 11) is 0. The summed E-state index contributed by atoms with van der Waals surface area (Å²) in [5.74, 6) is 0. The van der Waals surface area contributed by atoms with Gasteiger partial charge in [-0.2, -0.15) is 10.5 Å². The van der Waals surface area contributed by atoms with Crippen LogP contribution in [0.4, 0.5) is 0 Å². The Morgan fingerprint density at radius 3 is 1.95 bits per heavy atom. The molecule has 6 aromatic carbocycles. The Hall–Kier alpha value is -5.26. The lowest BCUT2D eigenvalue weighted by Gasteiger charge is -2.13. The zero-order valence-electron chi connectivity index (χ0n) is 22.3. The topological polar surface area (TPSA) is 47.6 Å². The number of nitriles is 2. The molecule has 0 spiro atoms. The van der Waals surface area contributed by atoms with E-state index in [1.54, 1.807) is 11.3 Å². The van der Waals surface area contributed by atoms with Gasteiger partial charge in [0, 0.05) is 40.3 Å². The van der Waals surface area contributed by atoms with Crippen LogP contribution in [0.2, 0.25) is 0 Å². The van der Waals surface area contributed by atoms with Crippen molar-refractivity contribution < 1.29 is 0 Å². The van der Waals surface area contributed by atoms with Crippen molar-refractivity contribution in [3.8, 4) is 45.5 Å². The Labute approximate surface area is 250 Å². The molecule has 4 heteroatoms. The molecule has 0 atom stereocenters. The highest BCUT2D eigenvalue weighted by atomic mass is 32.1. The summed E-state index contributed by atoms with van der Waals surface area (Å²) in [6.07, 6.45) is 0. The molecule has 2 aromatic heterocycles. The lowest BCUT2D eigenvalue weighted by molar-refractivity contribution is 1.48. The molecule has 0 unspecified atom stereocenters. The predicted molar refractivity (Wildman–Crippen MR) is 178 cm³/mol. The van der Waals surface area contributed by atoms with Gasteiger partial charge >= 0.3 is 0 Å². The van der Waals surface area contributed by atoms with Crippen molar-refractivity contribution in [2.45, 2.75) is 0 Å². The molecular formula is C38H20N2S2. The van der Waals surface area contributed by atoms with Crippen LogP contribution in [0.15, 0.2) is 121 Å². The van der Waals surface area contributed by atoms with Crippen LogP contribution < -0.4 is 0 Å². The van der Waals surface area contributed by atoms with E-state index in [0.29, 0.717) is 11.1 Å². The average Bonchev–Trinajstić information content (AvgIpc) is 3.62. The van der Waals surface area contributed by atoms with Crippen molar-refractivity contribution in [3.05, 3.63) is 132 Å². The molecule has 2 heterocycles. The van der Waals surface area contributed by atoms with Gasteiger partial charge < -0.3 is 0 Å². The summed E-state index contributed by atoms with van der Waals surface area (Å²) in [6, 6.07) is 46.8. The van der Waals surface area contributed by atoms with Crippen molar-refractivity contribution in [1.29, 1.82) is 10.5 Å². The molecule has 2 nitrogen and oxygen atoms in total. The maximum atomic E-state index is 9.94. The van der Waals surface area contributed by atoms with E-state index in [-0.39, 0.29) is 0 Å². The van der Waals surface area contributed by atoms with E-state index in [1.807, 2.05) is 53.8 Å². The lowest BCUT2D eigenvalue weighted by atomic mass is 9.91. The standard InChI is InChI=1S/C38H20N2S2/c39-21-23-12-14-36-33(16-23)34-20-24(13-15-37(34)41-36)26-17-27(29-7-2-1-6-25(29)22-40)19-28(18-26)30-9-5-10-32-31-8-3-4-11-35(31)42-38(30)32/h1-20H. The van der Waals surface area contributed by atoms with E-state index in [0.717, 1.165) is 38.6 Å². The van der Waals surface area contributed by atoms with Gasteiger partial charge in [0.25, 0.3) is 0 Å². The van der Waals surface area contributed by atoms with Crippen LogP contribution in [-0.4, -0.2) is 0 Å². The minimum atomic E-state index is 0.656. The minimum absolute atomic E-state index is 0.656. The molecule has 0 aliphatic rings. The lowest BCUT2D eigenvalue weighted by Crippen LogP contribution is -1.89. The fourth-order valence-corrected chi connectivity index (χ4v) is 8.24. The highest BCUT2D eigenvalue weighted by Crippen LogP contribution is 2.43. The van der Waals surface area contributed by atoms with Crippen LogP contribution in [0, 0.1) is 22.7 Å². The molecule has 0 radical (unpaired) electrons. The highest BCUT2D eigenvalue weighted by Gasteiger charge is 2.15. The van der Waals surface area contributed by atoms with Gasteiger partial charge in [-0.1, -0.05) is 60.7 Å². The summed E-state index contributed by atoms with van der Waals surface area (Å²) in [6.45, 7) is 0. The molecule has 8 aromatic rings. The molecule has 42 heavy (non-hydrogen) atoms. The Morgan fingerprint density at radius 1 is 0.429 bits per heavy atom. The van der Waals surface area contributed by atoms with Crippen LogP contribution in [-0.2, 0) is 0 Å². The SMILES string of the molecule is N#Cc1ccc2sc3ccc(-c4cc(-c5ccccc5C#N)cc(-c5cccc6c5sc5ccccc56)c4)cc3c2c1. The summed E-state index contributed by atoms with van der Waals surface area (Å²) in [5.41, 5.74) is 7.76. The molecule has 0 bridgehead atoms. The van der Waals surface area contributed by atoms with E-state index in [9.17, 15) is 10.5 Å². The summed E-state index contributed by atoms with van der Waals surface area (Å²) in [4.78, 5) is 0. The van der Waals surface area contributed by atoms with Crippen molar-refractivity contribution in [1.82, 2.24) is 0 Å². The minimum Gasteiger partial charge on any atom is -0.192 e. The van der Waals surface area contributed by atoms with Gasteiger partial charge in [0.1, 0.15) is 0 Å². The molecule has 0 N–H and O–H groups in total. The number of benzene rings is 6. The third kappa shape index (κ3) is 3.90. The fourth-order valence-electron chi connectivity index (χ4n) is 5.94. The van der Waals surface area contributed by atoms with Gasteiger partial charge in [-0.25, -0.2) is 0 Å². The summed E-state index contributed by atoms with van der Waals surface area (Å²) < 4.78 is 4.91. The Morgan fingerprint density at radius 2 is 1.10 bits per heavy atom. The van der Waals surface area contributed by atoms with Crippen LogP contribution >= 0.6 is 22.7 Å². The second kappa shape index (κ2) is 9.68. The number of hydrogen-bond donors (Lipinski definition) is 0. The molecule has 0 amide bonds. The number of thiophene rings is 2. The van der Waals surface area contributed by atoms with Gasteiger partial charge in [-0.3, -0.25) is 0 Å². The van der Waals surface area contributed by atoms with E-state index in [4.69, 9.17) is 0 Å². The zero-order chi connectivity index (χ0) is 28.2. The molecule has 194 valence electrons. The first kappa shape index (κ1) is 24.5. The molecular weight excluding hydrogens is 549 g/mol. The Bertz CT molecular complexity index is 2450. The molecule has 0 fully saturated rings. The van der Waals surface area contributed by atoms with E-state index in [2.05, 4.69) is 91.0 Å². The maximum Gasteiger partial charge on any atom is 0.0998 e. The highest BCUT2D eigenvalue weighted by molar-refractivity contribution is 7.26. The van der Waals surface area contributed by atoms with Crippen LogP contribution in [0.5, 0.6) is 0 Å². The first-order valence-corrected chi connectivity index (χ1v) is 15.3. The number of nitrogens with zero attached hydrogens (tertiary/aromatic N) is 2. The van der Waals surface area contributed by atoms with Crippen molar-refractivity contribution in [3.63, 3.8) is 0 Å². The fraction of sp³-hybridized carbons (Fsp3) is 0. The average molecular weight is 569 g/mol. The molecule has 0 aliphatic carbocycles. The van der Waals surface area contributed by atoms with E-state index >= 15 is 0 Å². The Balaban J connectivity index is 1.40. The third-order valence-electron chi connectivity index (χ3n) is 7.94. The molecule has 0 aliphatic heterocycles. The van der Waals surface area contributed by atoms with Gasteiger partial charge in [0.2, 0.25) is 0 Å². The van der Waals surface area contributed by atoms with Gasteiger partial charge in [0.05, 0.1) is 23.3 Å². The van der Waals surface area contributed by atoms with Gasteiger partial charge in [0.15, 0.2) is 0 Å². The third-order valence-corrected chi connectivity index (χ3v) is 10.3. The van der Waals surface area contributed by atoms with Crippen molar-refractivity contribution in [2.24, 2.45) is 0 Å². The number of fused-ring (bicyclic) bond motifs is 6. The predicted octanol–water partition coefficient (Wildman–Crippen LogP) is 11.2. The summed E-state index contributed by atoms with van der Waals surface area (Å²) >= 11 is 3.57. The monoisotopic (exact) mass is 568 g/mol. The number of hydrogen-bond acceptors (Lipinski definition) is 4. The van der Waals surface area contributed by atoms with E-state index in [1.165, 1.54) is 35.1 Å². The van der Waals surface area contributed by atoms with Crippen LogP contribution in [0.3, 0.4) is 0 Å². The molecule has 0 saturated carbocycles. The second-order valence-electron chi connectivity index (χ2n) is 10.4. The van der Waals surface area contributed by atoms with Gasteiger partial charge in [-0.15, -0.1) is 22.7 Å². The van der Waals surface area contributed by atoms with Crippen LogP contribution in [0.1, 0.15) is 11.1 Å². The van der Waals surface area contributed by atoms with Crippen molar-refractivity contribution >= 4 is 63.0 Å². The largest absolute Gasteiger partial charge is 0.192 e. The number of rotatable bonds is 3. The van der Waals surface area contributed by atoms with Gasteiger partial charge in [-0.05, 0) is 94.0 Å². The smallest absolute Gasteiger partial charge is 0.0998 e. The van der Waals surface area contributed by atoms with Crippen molar-refractivity contribution in [2.75, 3.05) is 0 Å². The quantitative estimate of drug-likeness (QED) is 0.213. The molecule has 8 rings (SSSR count). The first-order chi connectivity index (χ1) is 20.7. The second-order valence-corrected chi connectivity index (χ2v) is 12.5. The summed E-state index contributed by atoms with van der Waals surface area (Å²) in [5, 5.41) is 24.3. The van der Waals surface area contributed by atoms with E-state index < -0.39 is 0 Å². The Kier molecular flexibility index (Phi) is 5.66. The maximum absolute atomic E-state index is 9.94. The normalized spacial score (nSPS) is 11.3. The van der Waals surface area contributed by atoms with Crippen LogP contribution in [0.25, 0.3) is 73.7 Å². The zero-order valence-corrected chi connectivity index (χ0v) is 23.9. The first-order valence-electron chi connectivity index (χ1n) is 13.6.